The zero-order valence-electron chi connectivity index (χ0n) is 19.2. The Kier molecular flexibility index (Phi) is 14.7. The fraction of sp³-hybridized carbons (Fsp3) is 0.611. The van der Waals surface area contributed by atoms with Gasteiger partial charge in [-0.1, -0.05) is 26.5 Å². The van der Waals surface area contributed by atoms with Gasteiger partial charge in [0.05, 0.1) is 12.4 Å². The van der Waals surface area contributed by atoms with Crippen LogP contribution in [0.15, 0.2) is 24.3 Å². The van der Waals surface area contributed by atoms with E-state index in [9.17, 15) is 22.8 Å². The molecule has 0 spiro atoms. The molecule has 0 aromatic carbocycles. The molecule has 0 fully saturated rings. The number of ether oxygens (including phenoxy) is 3. The van der Waals surface area contributed by atoms with E-state index in [1.165, 1.54) is 13.8 Å². The van der Waals surface area contributed by atoms with E-state index >= 15 is 0 Å². The Hall–Kier alpha value is -0.940. The van der Waals surface area contributed by atoms with Crippen molar-refractivity contribution in [3.05, 3.63) is 24.3 Å². The molecule has 0 rings (SSSR count). The van der Waals surface area contributed by atoms with Crippen molar-refractivity contribution in [2.75, 3.05) is 25.6 Å². The van der Waals surface area contributed by atoms with E-state index in [1.54, 1.807) is 6.92 Å². The second kappa shape index (κ2) is 14.1. The zero-order chi connectivity index (χ0) is 22.0. The van der Waals surface area contributed by atoms with Crippen molar-refractivity contribution < 1.29 is 44.4 Å². The van der Waals surface area contributed by atoms with Gasteiger partial charge in [-0.3, -0.25) is 9.35 Å². The van der Waals surface area contributed by atoms with Crippen LogP contribution in [-0.4, -0.2) is 94.2 Å². The van der Waals surface area contributed by atoms with Crippen molar-refractivity contribution in [2.24, 2.45) is 5.41 Å². The Labute approximate surface area is 204 Å². The first kappa shape index (κ1) is 30.3. The van der Waals surface area contributed by atoms with Gasteiger partial charge < -0.3 is 17.1 Å². The molecule has 0 aliphatic rings. The standard InChI is InChI=1S/C18H28O9S.Ca.2H/c1-6-8-18(11-26-15(19)13(2)3,12-27-16(20)14(4)5)17(21)25-9-7-10-28(22,23)24;;;/h2,4,6-12H2,1,3,5H3,(H,22,23,24);;;/q;+2;2*-1. The summed E-state index contributed by atoms with van der Waals surface area (Å²) >= 11 is 0. The van der Waals surface area contributed by atoms with Crippen LogP contribution in [0.25, 0.3) is 0 Å². The first-order valence-corrected chi connectivity index (χ1v) is 10.2. The molecule has 1 N–H and O–H groups in total. The molecule has 0 saturated carbocycles. The first-order valence-electron chi connectivity index (χ1n) is 8.62. The van der Waals surface area contributed by atoms with Gasteiger partial charge in [-0.2, -0.15) is 8.42 Å². The van der Waals surface area contributed by atoms with E-state index in [1.807, 2.05) is 0 Å². The zero-order valence-corrected chi connectivity index (χ0v) is 20.2. The van der Waals surface area contributed by atoms with E-state index in [0.717, 1.165) is 0 Å². The van der Waals surface area contributed by atoms with Gasteiger partial charge in [0.1, 0.15) is 18.6 Å². The van der Waals surface area contributed by atoms with E-state index in [0.29, 0.717) is 6.42 Å². The fourth-order valence-electron chi connectivity index (χ4n) is 2.10. The maximum Gasteiger partial charge on any atom is 2.00 e. The van der Waals surface area contributed by atoms with Crippen LogP contribution in [0.2, 0.25) is 0 Å². The van der Waals surface area contributed by atoms with Crippen molar-refractivity contribution in [1.29, 1.82) is 0 Å². The number of carbonyl (C=O) groups is 3. The van der Waals surface area contributed by atoms with Gasteiger partial charge in [0.2, 0.25) is 0 Å². The Morgan fingerprint density at radius 3 is 1.79 bits per heavy atom. The van der Waals surface area contributed by atoms with Crippen LogP contribution in [0, 0.1) is 5.41 Å². The summed E-state index contributed by atoms with van der Waals surface area (Å²) in [7, 11) is -4.18. The summed E-state index contributed by atoms with van der Waals surface area (Å²) in [4.78, 5) is 36.2. The molecule has 0 aromatic rings. The molecule has 164 valence electrons. The molecular formula is C18H30CaO9S. The van der Waals surface area contributed by atoms with Crippen LogP contribution >= 0.6 is 0 Å². The first-order chi connectivity index (χ1) is 12.8. The molecule has 0 aliphatic heterocycles. The largest absolute Gasteiger partial charge is 2.00 e. The van der Waals surface area contributed by atoms with Crippen LogP contribution in [0.5, 0.6) is 0 Å². The van der Waals surface area contributed by atoms with Gasteiger partial charge in [0.15, 0.2) is 0 Å². The van der Waals surface area contributed by atoms with Crippen molar-refractivity contribution >= 4 is 65.8 Å². The summed E-state index contributed by atoms with van der Waals surface area (Å²) in [6.45, 7) is 10.5. The van der Waals surface area contributed by atoms with Crippen LogP contribution in [-0.2, 0) is 38.7 Å². The van der Waals surface area contributed by atoms with Crippen LogP contribution in [0.4, 0.5) is 0 Å². The van der Waals surface area contributed by atoms with Crippen molar-refractivity contribution in [2.45, 2.75) is 40.0 Å². The van der Waals surface area contributed by atoms with E-state index < -0.39 is 52.4 Å². The number of hydrogen-bond donors (Lipinski definition) is 1. The maximum absolute atomic E-state index is 12.7. The van der Waals surface area contributed by atoms with Crippen LogP contribution < -0.4 is 0 Å². The van der Waals surface area contributed by atoms with Gasteiger partial charge in [0, 0.05) is 11.1 Å². The molecule has 0 radical (unpaired) electrons. The maximum atomic E-state index is 12.7. The second-order valence-electron chi connectivity index (χ2n) is 6.52. The van der Waals surface area contributed by atoms with Gasteiger partial charge in [-0.05, 0) is 26.7 Å². The number of hydrogen-bond acceptors (Lipinski definition) is 8. The second-order valence-corrected chi connectivity index (χ2v) is 8.09. The molecule has 0 aliphatic carbocycles. The molecule has 29 heavy (non-hydrogen) atoms. The van der Waals surface area contributed by atoms with Gasteiger partial charge in [0.25, 0.3) is 10.1 Å². The SMILES string of the molecule is C=C(C)C(=O)OCC(CCC)(COC(=O)C(=C)C)C(=O)OCCCS(=O)(=O)O.[Ca+2].[H-].[H-]. The molecule has 0 bridgehead atoms. The minimum atomic E-state index is -4.18. The summed E-state index contributed by atoms with van der Waals surface area (Å²) in [6, 6.07) is 0. The van der Waals surface area contributed by atoms with Crippen molar-refractivity contribution in [1.82, 2.24) is 0 Å². The third kappa shape index (κ3) is 12.4. The predicted octanol–water partition coefficient (Wildman–Crippen LogP) is 1.68. The summed E-state index contributed by atoms with van der Waals surface area (Å²) in [6.07, 6.45) is 0.538. The number of carbonyl (C=O) groups excluding carboxylic acids is 3. The molecular weight excluding hydrogens is 432 g/mol. The van der Waals surface area contributed by atoms with Crippen LogP contribution in [0.1, 0.15) is 42.9 Å². The molecule has 0 amide bonds. The fourth-order valence-corrected chi connectivity index (χ4v) is 2.58. The summed E-state index contributed by atoms with van der Waals surface area (Å²) in [5.74, 6) is -2.82. The molecule has 0 atom stereocenters. The number of rotatable bonds is 13. The van der Waals surface area contributed by atoms with E-state index in [-0.39, 0.29) is 71.2 Å². The van der Waals surface area contributed by atoms with Gasteiger partial charge >= 0.3 is 55.6 Å². The van der Waals surface area contributed by atoms with Crippen LogP contribution in [0.3, 0.4) is 0 Å². The normalized spacial score (nSPS) is 11.0. The van der Waals surface area contributed by atoms with E-state index in [2.05, 4.69) is 13.2 Å². The van der Waals surface area contributed by atoms with Gasteiger partial charge in [-0.15, -0.1) is 0 Å². The summed E-state index contributed by atoms with van der Waals surface area (Å²) in [5.41, 5.74) is -1.21. The number of esters is 3. The van der Waals surface area contributed by atoms with Crippen molar-refractivity contribution in [3.63, 3.8) is 0 Å². The average molecular weight is 463 g/mol. The molecule has 9 nitrogen and oxygen atoms in total. The molecule has 0 unspecified atom stereocenters. The quantitative estimate of drug-likeness (QED) is 0.108. The minimum absolute atomic E-state index is 0. The predicted molar refractivity (Wildman–Crippen MR) is 109 cm³/mol. The van der Waals surface area contributed by atoms with E-state index in [4.69, 9.17) is 18.8 Å². The third-order valence-corrected chi connectivity index (χ3v) is 4.40. The smallest absolute Gasteiger partial charge is 1.00 e. The summed E-state index contributed by atoms with van der Waals surface area (Å²) < 4.78 is 45.5. The average Bonchev–Trinajstić information content (AvgIpc) is 2.59. The molecule has 11 heteroatoms. The monoisotopic (exact) mass is 462 g/mol. The Morgan fingerprint density at radius 1 is 1.00 bits per heavy atom. The minimum Gasteiger partial charge on any atom is -1.00 e. The Bertz CT molecular complexity index is 694. The Morgan fingerprint density at radius 2 is 1.45 bits per heavy atom. The van der Waals surface area contributed by atoms with Gasteiger partial charge in [-0.25, -0.2) is 9.59 Å². The molecule has 0 aromatic heterocycles. The molecule has 0 saturated heterocycles. The summed E-state index contributed by atoms with van der Waals surface area (Å²) in [5, 5.41) is 0. The topological polar surface area (TPSA) is 133 Å². The molecule has 0 heterocycles. The third-order valence-electron chi connectivity index (χ3n) is 3.60. The Balaban J connectivity index is -0.00000121. The van der Waals surface area contributed by atoms with Crippen molar-refractivity contribution in [3.8, 4) is 0 Å².